The van der Waals surface area contributed by atoms with Crippen LogP contribution in [0.3, 0.4) is 0 Å². The van der Waals surface area contributed by atoms with Crippen molar-refractivity contribution >= 4 is 11.8 Å². The molecule has 1 heterocycles. The first-order valence-corrected chi connectivity index (χ1v) is 6.23. The lowest BCUT2D eigenvalue weighted by Gasteiger charge is -2.31. The van der Waals surface area contributed by atoms with Gasteiger partial charge in [0.25, 0.3) is 0 Å². The van der Waals surface area contributed by atoms with E-state index in [0.29, 0.717) is 6.54 Å². The van der Waals surface area contributed by atoms with Crippen LogP contribution in [0.15, 0.2) is 18.2 Å². The molecule has 1 aromatic carbocycles. The summed E-state index contributed by atoms with van der Waals surface area (Å²) >= 11 is 0. The predicted octanol–water partition coefficient (Wildman–Crippen LogP) is 0.851. The first kappa shape index (κ1) is 13.4. The Bertz CT molecular complexity index is 513. The van der Waals surface area contributed by atoms with E-state index >= 15 is 0 Å². The smallest absolute Gasteiger partial charge is 0.245 e. The summed E-state index contributed by atoms with van der Waals surface area (Å²) in [5.74, 6) is 0.541. The molecule has 5 heteroatoms. The lowest BCUT2D eigenvalue weighted by molar-refractivity contribution is -0.144. The number of nitrogens with one attached hydrogen (secondary N) is 1. The molecule has 1 atom stereocenters. The van der Waals surface area contributed by atoms with Gasteiger partial charge in [-0.25, -0.2) is 0 Å². The number of piperazine rings is 1. The monoisotopic (exact) mass is 262 g/mol. The second kappa shape index (κ2) is 5.30. The highest BCUT2D eigenvalue weighted by atomic mass is 16.5. The third-order valence-electron chi connectivity index (χ3n) is 3.19. The highest BCUT2D eigenvalue weighted by Gasteiger charge is 2.29. The van der Waals surface area contributed by atoms with E-state index in [1.807, 2.05) is 25.1 Å². The maximum Gasteiger partial charge on any atom is 0.245 e. The van der Waals surface area contributed by atoms with E-state index < -0.39 is 6.04 Å². The van der Waals surface area contributed by atoms with E-state index in [9.17, 15) is 9.59 Å². The summed E-state index contributed by atoms with van der Waals surface area (Å²) in [5.41, 5.74) is 2.01. The molecule has 1 N–H and O–H groups in total. The zero-order valence-electron chi connectivity index (χ0n) is 11.4. The van der Waals surface area contributed by atoms with Crippen molar-refractivity contribution in [1.29, 1.82) is 0 Å². The van der Waals surface area contributed by atoms with Gasteiger partial charge < -0.3 is 15.0 Å². The van der Waals surface area contributed by atoms with Gasteiger partial charge in [0.2, 0.25) is 11.8 Å². The number of amides is 2. The molecule has 1 aromatic rings. The van der Waals surface area contributed by atoms with Crippen molar-refractivity contribution in [2.75, 3.05) is 13.7 Å². The number of aryl methyl sites for hydroxylation is 1. The lowest BCUT2D eigenvalue weighted by Crippen LogP contribution is -2.56. The van der Waals surface area contributed by atoms with Gasteiger partial charge in [-0.3, -0.25) is 9.59 Å². The van der Waals surface area contributed by atoms with Gasteiger partial charge in [-0.05, 0) is 19.9 Å². The Hall–Kier alpha value is -2.04. The van der Waals surface area contributed by atoms with Gasteiger partial charge in [-0.15, -0.1) is 0 Å². The van der Waals surface area contributed by atoms with Crippen LogP contribution in [0.5, 0.6) is 5.75 Å². The van der Waals surface area contributed by atoms with E-state index in [0.717, 1.165) is 16.9 Å². The van der Waals surface area contributed by atoms with E-state index in [4.69, 9.17) is 4.74 Å². The van der Waals surface area contributed by atoms with Crippen LogP contribution in [-0.4, -0.2) is 36.4 Å². The third kappa shape index (κ3) is 2.86. The summed E-state index contributed by atoms with van der Waals surface area (Å²) in [7, 11) is 1.60. The highest BCUT2D eigenvalue weighted by Crippen LogP contribution is 2.22. The van der Waals surface area contributed by atoms with Crippen LogP contribution in [0.4, 0.5) is 0 Å². The number of carbonyl (C=O) groups excluding carboxylic acids is 2. The molecule has 19 heavy (non-hydrogen) atoms. The number of methoxy groups -OCH3 is 1. The number of rotatable bonds is 3. The Morgan fingerprint density at radius 3 is 2.84 bits per heavy atom. The summed E-state index contributed by atoms with van der Waals surface area (Å²) in [6.07, 6.45) is 0. The molecule has 2 rings (SSSR count). The van der Waals surface area contributed by atoms with Crippen LogP contribution in [0.1, 0.15) is 18.1 Å². The standard InChI is InChI=1S/C14H18N2O3/c1-9-4-5-12(19-3)11(6-9)7-16-8-13(17)15-10(2)14(16)18/h4-6,10H,7-8H2,1-3H3,(H,15,17). The highest BCUT2D eigenvalue weighted by molar-refractivity contribution is 5.94. The van der Waals surface area contributed by atoms with E-state index in [1.165, 1.54) is 0 Å². The normalized spacial score (nSPS) is 19.3. The van der Waals surface area contributed by atoms with Crippen LogP contribution in [0.25, 0.3) is 0 Å². The second-order valence-electron chi connectivity index (χ2n) is 4.80. The van der Waals surface area contributed by atoms with Crippen molar-refractivity contribution in [2.24, 2.45) is 0 Å². The summed E-state index contributed by atoms with van der Waals surface area (Å²) in [6.45, 7) is 4.16. The molecule has 1 aliphatic heterocycles. The first-order chi connectivity index (χ1) is 9.01. The quantitative estimate of drug-likeness (QED) is 0.878. The summed E-state index contributed by atoms with van der Waals surface area (Å²) in [6, 6.07) is 5.35. The second-order valence-corrected chi connectivity index (χ2v) is 4.80. The zero-order valence-corrected chi connectivity index (χ0v) is 11.4. The minimum atomic E-state index is -0.461. The van der Waals surface area contributed by atoms with Gasteiger partial charge in [0.05, 0.1) is 13.7 Å². The van der Waals surface area contributed by atoms with Crippen LogP contribution in [0.2, 0.25) is 0 Å². The van der Waals surface area contributed by atoms with Crippen molar-refractivity contribution in [1.82, 2.24) is 10.2 Å². The van der Waals surface area contributed by atoms with Gasteiger partial charge in [-0.1, -0.05) is 17.7 Å². The van der Waals surface area contributed by atoms with Crippen molar-refractivity contribution < 1.29 is 14.3 Å². The maximum absolute atomic E-state index is 12.0. The SMILES string of the molecule is COc1ccc(C)cc1CN1CC(=O)NC(C)C1=O. The molecule has 0 bridgehead atoms. The molecule has 0 spiro atoms. The Kier molecular flexibility index (Phi) is 3.74. The van der Waals surface area contributed by atoms with E-state index in [2.05, 4.69) is 5.32 Å². The lowest BCUT2D eigenvalue weighted by atomic mass is 10.1. The number of nitrogens with zero attached hydrogens (tertiary/aromatic N) is 1. The Morgan fingerprint density at radius 1 is 1.42 bits per heavy atom. The fourth-order valence-corrected chi connectivity index (χ4v) is 2.24. The average molecular weight is 262 g/mol. The van der Waals surface area contributed by atoms with Crippen LogP contribution < -0.4 is 10.1 Å². The number of benzene rings is 1. The molecule has 1 unspecified atom stereocenters. The van der Waals surface area contributed by atoms with E-state index in [-0.39, 0.29) is 18.4 Å². The first-order valence-electron chi connectivity index (χ1n) is 6.23. The molecule has 1 aliphatic rings. The molecule has 0 aliphatic carbocycles. The van der Waals surface area contributed by atoms with Gasteiger partial charge in [-0.2, -0.15) is 0 Å². The van der Waals surface area contributed by atoms with E-state index in [1.54, 1.807) is 18.9 Å². The zero-order chi connectivity index (χ0) is 14.0. The predicted molar refractivity (Wildman–Crippen MR) is 70.8 cm³/mol. The van der Waals surface area contributed by atoms with Crippen molar-refractivity contribution in [3.8, 4) is 5.75 Å². The Labute approximate surface area is 112 Å². The fraction of sp³-hybridized carbons (Fsp3) is 0.429. The van der Waals surface area contributed by atoms with Crippen molar-refractivity contribution in [2.45, 2.75) is 26.4 Å². The Balaban J connectivity index is 2.22. The molecule has 1 fully saturated rings. The van der Waals surface area contributed by atoms with Crippen molar-refractivity contribution in [3.63, 3.8) is 0 Å². The van der Waals surface area contributed by atoms with Crippen LogP contribution >= 0.6 is 0 Å². The number of hydrogen-bond donors (Lipinski definition) is 1. The maximum atomic E-state index is 12.0. The fourth-order valence-electron chi connectivity index (χ4n) is 2.24. The van der Waals surface area contributed by atoms with Gasteiger partial charge in [0.15, 0.2) is 0 Å². The molecule has 0 saturated carbocycles. The molecule has 102 valence electrons. The molecule has 5 nitrogen and oxygen atoms in total. The van der Waals surface area contributed by atoms with Gasteiger partial charge >= 0.3 is 0 Å². The topological polar surface area (TPSA) is 58.6 Å². The number of hydrogen-bond acceptors (Lipinski definition) is 3. The molecule has 0 aromatic heterocycles. The minimum absolute atomic E-state index is 0.0665. The largest absolute Gasteiger partial charge is 0.496 e. The van der Waals surface area contributed by atoms with Gasteiger partial charge in [0.1, 0.15) is 11.8 Å². The van der Waals surface area contributed by atoms with Crippen LogP contribution in [-0.2, 0) is 16.1 Å². The summed E-state index contributed by atoms with van der Waals surface area (Å²) in [5, 5.41) is 2.62. The molecule has 2 amide bonds. The number of carbonyl (C=O) groups is 2. The van der Waals surface area contributed by atoms with Crippen molar-refractivity contribution in [3.05, 3.63) is 29.3 Å². The molecule has 1 saturated heterocycles. The third-order valence-corrected chi connectivity index (χ3v) is 3.19. The minimum Gasteiger partial charge on any atom is -0.496 e. The number of ether oxygens (including phenoxy) is 1. The summed E-state index contributed by atoms with van der Waals surface area (Å²) < 4.78 is 5.29. The van der Waals surface area contributed by atoms with Crippen LogP contribution in [0, 0.1) is 6.92 Å². The molecule has 0 radical (unpaired) electrons. The van der Waals surface area contributed by atoms with Gasteiger partial charge in [0, 0.05) is 12.1 Å². The molecular formula is C14H18N2O3. The Morgan fingerprint density at radius 2 is 2.16 bits per heavy atom. The molecular weight excluding hydrogens is 244 g/mol. The summed E-state index contributed by atoms with van der Waals surface area (Å²) in [4.78, 5) is 25.1. The average Bonchev–Trinajstić information content (AvgIpc) is 2.35.